The molecule has 0 bridgehead atoms. The number of nitro benzene ring substituents is 1. The van der Waals surface area contributed by atoms with Crippen molar-refractivity contribution in [1.82, 2.24) is 10.2 Å². The van der Waals surface area contributed by atoms with Crippen LogP contribution in [0.2, 0.25) is 0 Å². The van der Waals surface area contributed by atoms with Gasteiger partial charge in [-0.05, 0) is 27.7 Å². The van der Waals surface area contributed by atoms with E-state index in [0.717, 1.165) is 0 Å². The number of amides is 1. The molecule has 27 heavy (non-hydrogen) atoms. The highest BCUT2D eigenvalue weighted by molar-refractivity contribution is 6.00. The summed E-state index contributed by atoms with van der Waals surface area (Å²) in [5, 5.41) is 14.3. The van der Waals surface area contributed by atoms with Crippen LogP contribution in [0.3, 0.4) is 0 Å². The number of ether oxygens (including phenoxy) is 3. The van der Waals surface area contributed by atoms with Gasteiger partial charge in [0, 0.05) is 31.2 Å². The normalized spacial score (nSPS) is 11.0. The van der Waals surface area contributed by atoms with Crippen LogP contribution < -0.4 is 19.5 Å². The van der Waals surface area contributed by atoms with Crippen LogP contribution in [-0.2, 0) is 0 Å². The van der Waals surface area contributed by atoms with Crippen molar-refractivity contribution in [3.8, 4) is 17.2 Å². The van der Waals surface area contributed by atoms with E-state index < -0.39 is 16.5 Å². The van der Waals surface area contributed by atoms with Crippen molar-refractivity contribution in [2.24, 2.45) is 0 Å². The second kappa shape index (κ2) is 9.96. The van der Waals surface area contributed by atoms with Crippen molar-refractivity contribution < 1.29 is 23.9 Å². The van der Waals surface area contributed by atoms with E-state index in [1.54, 1.807) is 0 Å². The summed E-state index contributed by atoms with van der Waals surface area (Å²) in [5.41, 5.74) is -0.604. The Labute approximate surface area is 159 Å². The minimum absolute atomic E-state index is 0.0639. The van der Waals surface area contributed by atoms with E-state index in [9.17, 15) is 14.9 Å². The zero-order valence-electron chi connectivity index (χ0n) is 17.0. The van der Waals surface area contributed by atoms with Gasteiger partial charge in [-0.15, -0.1) is 0 Å². The van der Waals surface area contributed by atoms with Crippen LogP contribution >= 0.6 is 0 Å². The third-order valence-corrected chi connectivity index (χ3v) is 4.21. The second-order valence-corrected chi connectivity index (χ2v) is 6.48. The Morgan fingerprint density at radius 3 is 2.07 bits per heavy atom. The smallest absolute Gasteiger partial charge is 0.327 e. The van der Waals surface area contributed by atoms with E-state index in [-0.39, 0.29) is 22.8 Å². The lowest BCUT2D eigenvalue weighted by atomic mass is 10.1. The molecule has 9 nitrogen and oxygen atoms in total. The lowest BCUT2D eigenvalue weighted by Gasteiger charge is -2.30. The van der Waals surface area contributed by atoms with Crippen molar-refractivity contribution >= 4 is 11.6 Å². The fraction of sp³-hybridized carbons (Fsp3) is 0.611. The largest absolute Gasteiger partial charge is 0.493 e. The van der Waals surface area contributed by atoms with Crippen molar-refractivity contribution in [1.29, 1.82) is 0 Å². The molecule has 0 spiro atoms. The molecule has 0 aliphatic carbocycles. The average Bonchev–Trinajstić information content (AvgIpc) is 2.61. The minimum Gasteiger partial charge on any atom is -0.493 e. The number of carbonyl (C=O) groups excluding carboxylic acids is 1. The summed E-state index contributed by atoms with van der Waals surface area (Å²) in [6, 6.07) is 1.92. The van der Waals surface area contributed by atoms with Gasteiger partial charge in [0.1, 0.15) is 5.56 Å². The molecule has 0 atom stereocenters. The van der Waals surface area contributed by atoms with Gasteiger partial charge in [0.25, 0.3) is 5.91 Å². The number of hydrogen-bond donors (Lipinski definition) is 1. The van der Waals surface area contributed by atoms with E-state index in [1.807, 2.05) is 0 Å². The summed E-state index contributed by atoms with van der Waals surface area (Å²) in [7, 11) is 4.00. The molecule has 1 N–H and O–H groups in total. The Hall–Kier alpha value is -2.55. The molecular formula is C18H29N3O6. The predicted octanol–water partition coefficient (Wildman–Crippen LogP) is 2.47. The molecule has 1 aromatic rings. The van der Waals surface area contributed by atoms with Gasteiger partial charge in [0.15, 0.2) is 5.75 Å². The first-order valence-electron chi connectivity index (χ1n) is 8.70. The van der Waals surface area contributed by atoms with Gasteiger partial charge in [-0.3, -0.25) is 19.8 Å². The van der Waals surface area contributed by atoms with Crippen molar-refractivity contribution in [2.45, 2.75) is 39.8 Å². The zero-order chi connectivity index (χ0) is 20.7. The van der Waals surface area contributed by atoms with Crippen LogP contribution in [0, 0.1) is 10.1 Å². The number of nitrogens with one attached hydrogen (secondary N) is 1. The molecule has 0 aliphatic heterocycles. The maximum absolute atomic E-state index is 12.6. The first-order chi connectivity index (χ1) is 12.7. The van der Waals surface area contributed by atoms with Gasteiger partial charge in [-0.2, -0.15) is 0 Å². The van der Waals surface area contributed by atoms with E-state index in [1.165, 1.54) is 27.4 Å². The number of nitrogens with zero attached hydrogens (tertiary/aromatic N) is 2. The molecule has 0 saturated carbocycles. The summed E-state index contributed by atoms with van der Waals surface area (Å²) in [5.74, 6) is -0.489. The van der Waals surface area contributed by atoms with E-state index in [2.05, 4.69) is 37.9 Å². The fourth-order valence-electron chi connectivity index (χ4n) is 3.00. The number of carbonyl (C=O) groups is 1. The van der Waals surface area contributed by atoms with Crippen LogP contribution in [0.1, 0.15) is 38.1 Å². The Kier molecular flexibility index (Phi) is 8.30. The quantitative estimate of drug-likeness (QED) is 0.489. The van der Waals surface area contributed by atoms with Gasteiger partial charge in [-0.25, -0.2) is 0 Å². The molecule has 0 aromatic heterocycles. The Morgan fingerprint density at radius 1 is 1.11 bits per heavy atom. The van der Waals surface area contributed by atoms with Gasteiger partial charge >= 0.3 is 5.69 Å². The van der Waals surface area contributed by atoms with Crippen LogP contribution in [-0.4, -0.2) is 62.2 Å². The summed E-state index contributed by atoms with van der Waals surface area (Å²) < 4.78 is 15.5. The number of hydrogen-bond acceptors (Lipinski definition) is 7. The highest BCUT2D eigenvalue weighted by Crippen LogP contribution is 2.46. The molecule has 1 rings (SSSR count). The Morgan fingerprint density at radius 2 is 1.67 bits per heavy atom. The molecule has 152 valence electrons. The predicted molar refractivity (Wildman–Crippen MR) is 102 cm³/mol. The van der Waals surface area contributed by atoms with E-state index >= 15 is 0 Å². The monoisotopic (exact) mass is 383 g/mol. The lowest BCUT2D eigenvalue weighted by Crippen LogP contribution is -2.42. The SMILES string of the molecule is COc1cc(C(=O)NCCN(C(C)C)C(C)C)c([N+](=O)[O-])c(OC)c1OC. The first-order valence-corrected chi connectivity index (χ1v) is 8.70. The van der Waals surface area contributed by atoms with Crippen molar-refractivity contribution in [2.75, 3.05) is 34.4 Å². The Balaban J connectivity index is 3.17. The summed E-state index contributed by atoms with van der Waals surface area (Å²) in [4.78, 5) is 25.8. The second-order valence-electron chi connectivity index (χ2n) is 6.48. The molecule has 0 unspecified atom stereocenters. The third-order valence-electron chi connectivity index (χ3n) is 4.21. The molecule has 0 aliphatic rings. The fourth-order valence-corrected chi connectivity index (χ4v) is 3.00. The molecule has 0 saturated heterocycles. The van der Waals surface area contributed by atoms with Crippen LogP contribution in [0.4, 0.5) is 5.69 Å². The van der Waals surface area contributed by atoms with Crippen molar-refractivity contribution in [3.63, 3.8) is 0 Å². The minimum atomic E-state index is -0.662. The van der Waals surface area contributed by atoms with Gasteiger partial charge < -0.3 is 19.5 Å². The molecule has 1 aromatic carbocycles. The van der Waals surface area contributed by atoms with Crippen LogP contribution in [0.25, 0.3) is 0 Å². The summed E-state index contributed by atoms with van der Waals surface area (Å²) in [6.07, 6.45) is 0. The highest BCUT2D eigenvalue weighted by Gasteiger charge is 2.32. The third kappa shape index (κ3) is 5.22. The van der Waals surface area contributed by atoms with Gasteiger partial charge in [-0.1, -0.05) is 0 Å². The number of benzene rings is 1. The number of nitro groups is 1. The Bertz CT molecular complexity index is 668. The molecule has 1 amide bonds. The zero-order valence-corrected chi connectivity index (χ0v) is 17.0. The standard InChI is InChI=1S/C18H29N3O6/c1-11(2)20(12(3)4)9-8-19-18(22)13-10-14(25-5)16(26-6)17(27-7)15(13)21(23)24/h10-12H,8-9H2,1-7H3,(H,19,22). The first kappa shape index (κ1) is 22.5. The summed E-state index contributed by atoms with van der Waals surface area (Å²) in [6.45, 7) is 9.28. The maximum Gasteiger partial charge on any atom is 0.327 e. The van der Waals surface area contributed by atoms with E-state index in [4.69, 9.17) is 14.2 Å². The topological polar surface area (TPSA) is 103 Å². The van der Waals surface area contributed by atoms with Gasteiger partial charge in [0.2, 0.25) is 11.5 Å². The molecule has 0 radical (unpaired) electrons. The molecular weight excluding hydrogens is 354 g/mol. The molecule has 0 fully saturated rings. The summed E-state index contributed by atoms with van der Waals surface area (Å²) >= 11 is 0. The average molecular weight is 383 g/mol. The number of rotatable bonds is 10. The maximum atomic E-state index is 12.6. The van der Waals surface area contributed by atoms with Crippen LogP contribution in [0.5, 0.6) is 17.2 Å². The molecule has 0 heterocycles. The van der Waals surface area contributed by atoms with E-state index in [0.29, 0.717) is 25.2 Å². The number of methoxy groups -OCH3 is 3. The van der Waals surface area contributed by atoms with Gasteiger partial charge in [0.05, 0.1) is 26.3 Å². The molecule has 9 heteroatoms. The highest BCUT2D eigenvalue weighted by atomic mass is 16.6. The van der Waals surface area contributed by atoms with Crippen LogP contribution in [0.15, 0.2) is 6.07 Å². The lowest BCUT2D eigenvalue weighted by molar-refractivity contribution is -0.386. The van der Waals surface area contributed by atoms with Crippen molar-refractivity contribution in [3.05, 3.63) is 21.7 Å².